The van der Waals surface area contributed by atoms with E-state index in [2.05, 4.69) is 5.32 Å². The van der Waals surface area contributed by atoms with Gasteiger partial charge in [0.05, 0.1) is 0 Å². The Morgan fingerprint density at radius 3 is 2.56 bits per heavy atom. The fourth-order valence-electron chi connectivity index (χ4n) is 4.33. The van der Waals surface area contributed by atoms with Crippen molar-refractivity contribution >= 4 is 12.0 Å². The molecule has 0 aromatic carbocycles. The molecule has 4 atom stereocenters. The molecule has 1 heterocycles. The third-order valence-electron chi connectivity index (χ3n) is 5.25. The van der Waals surface area contributed by atoms with E-state index in [0.717, 1.165) is 45.1 Å². The smallest absolute Gasteiger partial charge is 0.410 e. The van der Waals surface area contributed by atoms with Crippen molar-refractivity contribution < 1.29 is 14.3 Å². The zero-order chi connectivity index (χ0) is 18.6. The Labute approximate surface area is 151 Å². The minimum Gasteiger partial charge on any atom is -0.444 e. The van der Waals surface area contributed by atoms with E-state index < -0.39 is 5.60 Å². The third kappa shape index (κ3) is 5.87. The van der Waals surface area contributed by atoms with Gasteiger partial charge in [-0.1, -0.05) is 6.42 Å². The number of nitrogens with one attached hydrogen (secondary N) is 1. The first-order valence-electron chi connectivity index (χ1n) is 9.71. The third-order valence-corrected chi connectivity index (χ3v) is 5.25. The number of primary amides is 1. The van der Waals surface area contributed by atoms with Gasteiger partial charge in [-0.15, -0.1) is 0 Å². The van der Waals surface area contributed by atoms with E-state index >= 15 is 0 Å². The second-order valence-corrected chi connectivity index (χ2v) is 8.68. The Morgan fingerprint density at radius 1 is 1.20 bits per heavy atom. The molecular formula is C19H35N3O3. The molecule has 1 aliphatic carbocycles. The molecule has 0 radical (unpaired) electrons. The molecular weight excluding hydrogens is 318 g/mol. The standard InChI is InChI=1S/C19H35N3O3/c1-13(12-17(20)23)21-15-9-7-8-14(15)16-10-5-6-11-22(16)18(24)25-19(2,3)4/h13-16,21H,5-12H2,1-4H3,(H2,20,23). The molecule has 3 N–H and O–H groups in total. The number of ether oxygens (including phenoxy) is 1. The first-order chi connectivity index (χ1) is 11.7. The first kappa shape index (κ1) is 20.0. The van der Waals surface area contributed by atoms with Crippen molar-refractivity contribution in [3.8, 4) is 0 Å². The minimum absolute atomic E-state index is 0.0710. The first-order valence-corrected chi connectivity index (χ1v) is 9.71. The zero-order valence-electron chi connectivity index (χ0n) is 16.2. The molecule has 2 amide bonds. The molecule has 2 aliphatic rings. The van der Waals surface area contributed by atoms with Gasteiger partial charge in [-0.25, -0.2) is 4.79 Å². The molecule has 0 bridgehead atoms. The lowest BCUT2D eigenvalue weighted by molar-refractivity contribution is -0.118. The van der Waals surface area contributed by atoms with Crippen LogP contribution in [0, 0.1) is 5.92 Å². The molecule has 2 rings (SSSR count). The van der Waals surface area contributed by atoms with Crippen LogP contribution in [0.1, 0.15) is 72.6 Å². The van der Waals surface area contributed by atoms with E-state index in [1.54, 1.807) is 0 Å². The maximum Gasteiger partial charge on any atom is 0.410 e. The zero-order valence-corrected chi connectivity index (χ0v) is 16.2. The van der Waals surface area contributed by atoms with E-state index in [4.69, 9.17) is 10.5 Å². The number of piperidine rings is 1. The summed E-state index contributed by atoms with van der Waals surface area (Å²) in [5, 5.41) is 3.59. The van der Waals surface area contributed by atoms with Crippen LogP contribution in [-0.4, -0.2) is 47.2 Å². The van der Waals surface area contributed by atoms with Crippen molar-refractivity contribution in [2.75, 3.05) is 6.54 Å². The average Bonchev–Trinajstić information content (AvgIpc) is 2.92. The van der Waals surface area contributed by atoms with Crippen LogP contribution >= 0.6 is 0 Å². The maximum absolute atomic E-state index is 12.7. The summed E-state index contributed by atoms with van der Waals surface area (Å²) in [6.45, 7) is 8.52. The van der Waals surface area contributed by atoms with Crippen LogP contribution in [0.4, 0.5) is 4.79 Å². The van der Waals surface area contributed by atoms with Gasteiger partial charge in [-0.3, -0.25) is 4.79 Å². The minimum atomic E-state index is -0.470. The van der Waals surface area contributed by atoms with Crippen LogP contribution in [0.3, 0.4) is 0 Å². The predicted octanol–water partition coefficient (Wildman–Crippen LogP) is 2.80. The highest BCUT2D eigenvalue weighted by Crippen LogP contribution is 2.36. The van der Waals surface area contributed by atoms with Gasteiger partial charge in [-0.2, -0.15) is 0 Å². The van der Waals surface area contributed by atoms with Crippen LogP contribution in [0.2, 0.25) is 0 Å². The molecule has 6 heteroatoms. The average molecular weight is 354 g/mol. The Bertz CT molecular complexity index is 475. The van der Waals surface area contributed by atoms with Crippen molar-refractivity contribution in [1.29, 1.82) is 0 Å². The number of amides is 2. The quantitative estimate of drug-likeness (QED) is 0.796. The summed E-state index contributed by atoms with van der Waals surface area (Å²) in [5.41, 5.74) is 4.85. The Hall–Kier alpha value is -1.30. The number of likely N-dealkylation sites (tertiary alicyclic amines) is 1. The summed E-state index contributed by atoms with van der Waals surface area (Å²) < 4.78 is 5.64. The summed E-state index contributed by atoms with van der Waals surface area (Å²) in [6, 6.07) is 0.633. The summed E-state index contributed by atoms with van der Waals surface area (Å²) in [4.78, 5) is 25.8. The molecule has 25 heavy (non-hydrogen) atoms. The highest BCUT2D eigenvalue weighted by molar-refractivity contribution is 5.74. The number of hydrogen-bond acceptors (Lipinski definition) is 4. The predicted molar refractivity (Wildman–Crippen MR) is 98.1 cm³/mol. The van der Waals surface area contributed by atoms with Gasteiger partial charge in [0, 0.05) is 31.1 Å². The van der Waals surface area contributed by atoms with Crippen LogP contribution in [0.5, 0.6) is 0 Å². The molecule has 4 unspecified atom stereocenters. The second kappa shape index (κ2) is 8.39. The van der Waals surface area contributed by atoms with Gasteiger partial charge in [0.2, 0.25) is 5.91 Å². The van der Waals surface area contributed by atoms with Crippen LogP contribution in [0.15, 0.2) is 0 Å². The van der Waals surface area contributed by atoms with Crippen LogP contribution < -0.4 is 11.1 Å². The molecule has 0 aromatic heterocycles. The Morgan fingerprint density at radius 2 is 1.92 bits per heavy atom. The normalized spacial score (nSPS) is 28.6. The Kier molecular flexibility index (Phi) is 6.72. The highest BCUT2D eigenvalue weighted by Gasteiger charge is 2.41. The molecule has 2 fully saturated rings. The molecule has 1 saturated carbocycles. The largest absolute Gasteiger partial charge is 0.444 e. The van der Waals surface area contributed by atoms with Gasteiger partial charge in [0.1, 0.15) is 5.60 Å². The van der Waals surface area contributed by atoms with Crippen molar-refractivity contribution in [1.82, 2.24) is 10.2 Å². The van der Waals surface area contributed by atoms with Crippen molar-refractivity contribution in [3.05, 3.63) is 0 Å². The molecule has 144 valence electrons. The highest BCUT2D eigenvalue weighted by atomic mass is 16.6. The lowest BCUT2D eigenvalue weighted by Gasteiger charge is -2.42. The van der Waals surface area contributed by atoms with Crippen molar-refractivity contribution in [3.63, 3.8) is 0 Å². The van der Waals surface area contributed by atoms with Crippen LogP contribution in [0.25, 0.3) is 0 Å². The number of carbonyl (C=O) groups is 2. The SMILES string of the molecule is CC(CC(N)=O)NC1CCCC1C1CCCCN1C(=O)OC(C)(C)C. The van der Waals surface area contributed by atoms with Gasteiger partial charge in [0.25, 0.3) is 0 Å². The number of nitrogens with zero attached hydrogens (tertiary/aromatic N) is 1. The molecule has 1 aliphatic heterocycles. The van der Waals surface area contributed by atoms with E-state index in [-0.39, 0.29) is 24.1 Å². The summed E-state index contributed by atoms with van der Waals surface area (Å²) in [5.74, 6) is 0.144. The van der Waals surface area contributed by atoms with E-state index in [1.807, 2.05) is 32.6 Å². The van der Waals surface area contributed by atoms with Gasteiger partial charge in [-0.05, 0) is 65.7 Å². The number of hydrogen-bond donors (Lipinski definition) is 2. The fraction of sp³-hybridized carbons (Fsp3) is 0.895. The number of nitrogens with two attached hydrogens (primary N) is 1. The molecule has 0 aromatic rings. The maximum atomic E-state index is 12.7. The van der Waals surface area contributed by atoms with Crippen molar-refractivity contribution in [2.24, 2.45) is 11.7 Å². The topological polar surface area (TPSA) is 84.7 Å². The van der Waals surface area contributed by atoms with Gasteiger partial charge < -0.3 is 20.7 Å². The summed E-state index contributed by atoms with van der Waals surface area (Å²) >= 11 is 0. The van der Waals surface area contributed by atoms with Crippen molar-refractivity contribution in [2.45, 2.75) is 96.4 Å². The molecule has 6 nitrogen and oxygen atoms in total. The fourth-order valence-corrected chi connectivity index (χ4v) is 4.33. The van der Waals surface area contributed by atoms with E-state index in [0.29, 0.717) is 18.4 Å². The summed E-state index contributed by atoms with van der Waals surface area (Å²) in [7, 11) is 0. The monoisotopic (exact) mass is 353 g/mol. The van der Waals surface area contributed by atoms with E-state index in [9.17, 15) is 9.59 Å². The number of rotatable bonds is 5. The van der Waals surface area contributed by atoms with Crippen LogP contribution in [-0.2, 0) is 9.53 Å². The second-order valence-electron chi connectivity index (χ2n) is 8.68. The van der Waals surface area contributed by atoms with Gasteiger partial charge >= 0.3 is 6.09 Å². The lowest BCUT2D eigenvalue weighted by Crippen LogP contribution is -2.53. The van der Waals surface area contributed by atoms with Gasteiger partial charge in [0.15, 0.2) is 0 Å². The molecule has 1 saturated heterocycles. The van der Waals surface area contributed by atoms with E-state index in [1.165, 1.54) is 0 Å². The summed E-state index contributed by atoms with van der Waals surface area (Å²) in [6.07, 6.45) is 6.76. The Balaban J connectivity index is 2.04. The lowest BCUT2D eigenvalue weighted by atomic mass is 9.86. The molecule has 0 spiro atoms. The number of carbonyl (C=O) groups excluding carboxylic acids is 2.